The number of fused-ring (bicyclic) bond motifs is 1. The Morgan fingerprint density at radius 1 is 1.05 bits per heavy atom. The molecule has 0 saturated heterocycles. The number of aryl methyl sites for hydroxylation is 1. The molecule has 2 aromatic heterocycles. The van der Waals surface area contributed by atoms with Crippen LogP contribution in [0.25, 0.3) is 11.2 Å². The Morgan fingerprint density at radius 3 is 2.73 bits per heavy atom. The average molecular weight is 295 g/mol. The lowest BCUT2D eigenvalue weighted by molar-refractivity contribution is 0.610. The minimum atomic E-state index is 0.732. The predicted molar refractivity (Wildman–Crippen MR) is 88.6 cm³/mol. The second-order valence-corrected chi connectivity index (χ2v) is 5.38. The molecule has 114 valence electrons. The van der Waals surface area contributed by atoms with Gasteiger partial charge in [0.2, 0.25) is 0 Å². The highest BCUT2D eigenvalue weighted by Crippen LogP contribution is 2.18. The first kappa shape index (κ1) is 14.5. The number of hydrogen-bond donors (Lipinski definition) is 1. The molecule has 0 unspecified atom stereocenters. The summed E-state index contributed by atoms with van der Waals surface area (Å²) in [5.41, 5.74) is 2.97. The van der Waals surface area contributed by atoms with Crippen LogP contribution < -0.4 is 5.32 Å². The molecule has 1 aromatic carbocycles. The van der Waals surface area contributed by atoms with E-state index in [1.165, 1.54) is 18.4 Å². The molecular weight excluding hydrogens is 274 g/mol. The maximum absolute atomic E-state index is 4.49. The van der Waals surface area contributed by atoms with Crippen molar-refractivity contribution in [2.75, 3.05) is 5.32 Å². The fourth-order valence-electron chi connectivity index (χ4n) is 2.49. The van der Waals surface area contributed by atoms with Crippen molar-refractivity contribution < 1.29 is 0 Å². The zero-order valence-corrected chi connectivity index (χ0v) is 12.9. The van der Waals surface area contributed by atoms with Crippen LogP contribution in [-0.4, -0.2) is 19.5 Å². The van der Waals surface area contributed by atoms with Gasteiger partial charge in [-0.05, 0) is 12.0 Å². The summed E-state index contributed by atoms with van der Waals surface area (Å²) in [5, 5.41) is 3.36. The van der Waals surface area contributed by atoms with Gasteiger partial charge in [-0.2, -0.15) is 0 Å². The zero-order valence-electron chi connectivity index (χ0n) is 12.9. The summed E-state index contributed by atoms with van der Waals surface area (Å²) in [6, 6.07) is 10.3. The summed E-state index contributed by atoms with van der Waals surface area (Å²) in [5.74, 6) is 0.795. The second kappa shape index (κ2) is 7.02. The molecule has 22 heavy (non-hydrogen) atoms. The molecule has 5 heteroatoms. The molecule has 0 saturated carbocycles. The molecule has 3 rings (SSSR count). The average Bonchev–Trinajstić information content (AvgIpc) is 2.98. The van der Waals surface area contributed by atoms with Crippen LogP contribution in [0.3, 0.4) is 0 Å². The van der Waals surface area contributed by atoms with Gasteiger partial charge < -0.3 is 9.88 Å². The van der Waals surface area contributed by atoms with Crippen LogP contribution in [0, 0.1) is 0 Å². The molecule has 0 radical (unpaired) electrons. The molecular formula is C17H21N5. The van der Waals surface area contributed by atoms with Crippen molar-refractivity contribution in [1.82, 2.24) is 19.5 Å². The number of nitrogens with one attached hydrogen (secondary N) is 1. The molecule has 3 aromatic rings. The van der Waals surface area contributed by atoms with Crippen LogP contribution in [0.5, 0.6) is 0 Å². The minimum Gasteiger partial charge on any atom is -0.364 e. The van der Waals surface area contributed by atoms with E-state index >= 15 is 0 Å². The van der Waals surface area contributed by atoms with Gasteiger partial charge in [0.25, 0.3) is 0 Å². The van der Waals surface area contributed by atoms with Crippen LogP contribution in [0.4, 0.5) is 5.82 Å². The number of nitrogens with zero attached hydrogens (tertiary/aromatic N) is 4. The minimum absolute atomic E-state index is 0.732. The molecule has 0 aliphatic heterocycles. The topological polar surface area (TPSA) is 55.6 Å². The van der Waals surface area contributed by atoms with Crippen molar-refractivity contribution in [3.8, 4) is 0 Å². The van der Waals surface area contributed by atoms with E-state index in [4.69, 9.17) is 0 Å². The molecule has 0 amide bonds. The molecule has 0 spiro atoms. The zero-order chi connectivity index (χ0) is 15.2. The van der Waals surface area contributed by atoms with Gasteiger partial charge in [0, 0.05) is 13.1 Å². The highest BCUT2D eigenvalue weighted by molar-refractivity contribution is 5.82. The Bertz CT molecular complexity index is 720. The summed E-state index contributed by atoms with van der Waals surface area (Å²) >= 11 is 0. The summed E-state index contributed by atoms with van der Waals surface area (Å²) in [7, 11) is 0. The smallest absolute Gasteiger partial charge is 0.165 e. The Morgan fingerprint density at radius 2 is 1.91 bits per heavy atom. The number of anilines is 1. The van der Waals surface area contributed by atoms with Crippen molar-refractivity contribution in [2.45, 2.75) is 39.3 Å². The van der Waals surface area contributed by atoms with Crippen molar-refractivity contribution >= 4 is 17.0 Å². The molecule has 0 atom stereocenters. The fourth-order valence-corrected chi connectivity index (χ4v) is 2.49. The van der Waals surface area contributed by atoms with Gasteiger partial charge >= 0.3 is 0 Å². The number of benzene rings is 1. The number of rotatable bonds is 7. The molecule has 0 fully saturated rings. The normalized spacial score (nSPS) is 11.0. The number of unbranched alkanes of at least 4 members (excludes halogenated alkanes) is 2. The number of hydrogen-bond acceptors (Lipinski definition) is 4. The third-order valence-corrected chi connectivity index (χ3v) is 3.71. The van der Waals surface area contributed by atoms with E-state index in [9.17, 15) is 0 Å². The lowest BCUT2D eigenvalue weighted by Gasteiger charge is -2.06. The maximum atomic E-state index is 4.49. The fraction of sp³-hybridized carbons (Fsp3) is 0.353. The van der Waals surface area contributed by atoms with Crippen molar-refractivity contribution in [3.63, 3.8) is 0 Å². The van der Waals surface area contributed by atoms with Crippen LogP contribution in [-0.2, 0) is 13.1 Å². The van der Waals surface area contributed by atoms with Crippen LogP contribution in [0.1, 0.15) is 31.7 Å². The first-order chi connectivity index (χ1) is 10.9. The monoisotopic (exact) mass is 295 g/mol. The van der Waals surface area contributed by atoms with E-state index < -0.39 is 0 Å². The maximum Gasteiger partial charge on any atom is 0.165 e. The van der Waals surface area contributed by atoms with Gasteiger partial charge in [0.05, 0.1) is 6.33 Å². The van der Waals surface area contributed by atoms with Gasteiger partial charge in [-0.15, -0.1) is 0 Å². The lowest BCUT2D eigenvalue weighted by Crippen LogP contribution is -2.03. The number of imidazole rings is 1. The van der Waals surface area contributed by atoms with E-state index in [2.05, 4.69) is 43.9 Å². The van der Waals surface area contributed by atoms with E-state index in [1.54, 1.807) is 6.33 Å². The quantitative estimate of drug-likeness (QED) is 0.676. The summed E-state index contributed by atoms with van der Waals surface area (Å²) < 4.78 is 2.11. The SMILES string of the molecule is CCCCCn1cnc2c(NCc3ccccc3)ncnc21. The molecule has 0 bridgehead atoms. The lowest BCUT2D eigenvalue weighted by atomic mass is 10.2. The van der Waals surface area contributed by atoms with Gasteiger partial charge in [-0.1, -0.05) is 50.1 Å². The van der Waals surface area contributed by atoms with E-state index in [0.717, 1.165) is 36.5 Å². The molecule has 0 aliphatic carbocycles. The molecule has 0 aliphatic rings. The van der Waals surface area contributed by atoms with Crippen molar-refractivity contribution in [3.05, 3.63) is 48.5 Å². The van der Waals surface area contributed by atoms with Crippen molar-refractivity contribution in [1.29, 1.82) is 0 Å². The van der Waals surface area contributed by atoms with Crippen LogP contribution in [0.15, 0.2) is 43.0 Å². The molecule has 1 N–H and O–H groups in total. The Balaban J connectivity index is 1.76. The Hall–Kier alpha value is -2.43. The van der Waals surface area contributed by atoms with Crippen LogP contribution >= 0.6 is 0 Å². The third kappa shape index (κ3) is 3.24. The predicted octanol–water partition coefficient (Wildman–Crippen LogP) is 3.63. The van der Waals surface area contributed by atoms with E-state index in [1.807, 2.05) is 24.5 Å². The van der Waals surface area contributed by atoms with Gasteiger partial charge in [-0.25, -0.2) is 15.0 Å². The second-order valence-electron chi connectivity index (χ2n) is 5.38. The van der Waals surface area contributed by atoms with E-state index in [-0.39, 0.29) is 0 Å². The largest absolute Gasteiger partial charge is 0.364 e. The van der Waals surface area contributed by atoms with Gasteiger partial charge in [0.1, 0.15) is 11.8 Å². The summed E-state index contributed by atoms with van der Waals surface area (Å²) in [6.45, 7) is 3.90. The highest BCUT2D eigenvalue weighted by atomic mass is 15.1. The first-order valence-corrected chi connectivity index (χ1v) is 7.82. The summed E-state index contributed by atoms with van der Waals surface area (Å²) in [4.78, 5) is 13.2. The van der Waals surface area contributed by atoms with Crippen LogP contribution in [0.2, 0.25) is 0 Å². The van der Waals surface area contributed by atoms with E-state index in [0.29, 0.717) is 0 Å². The van der Waals surface area contributed by atoms with Gasteiger partial charge in [0.15, 0.2) is 11.5 Å². The first-order valence-electron chi connectivity index (χ1n) is 7.82. The highest BCUT2D eigenvalue weighted by Gasteiger charge is 2.09. The molecule has 2 heterocycles. The Labute approximate surface area is 130 Å². The number of aromatic nitrogens is 4. The molecule has 5 nitrogen and oxygen atoms in total. The third-order valence-electron chi connectivity index (χ3n) is 3.71. The van der Waals surface area contributed by atoms with Gasteiger partial charge in [-0.3, -0.25) is 0 Å². The Kier molecular flexibility index (Phi) is 4.63. The van der Waals surface area contributed by atoms with Crippen molar-refractivity contribution in [2.24, 2.45) is 0 Å². The standard InChI is InChI=1S/C17H21N5/c1-2-3-7-10-22-13-21-15-16(19-12-20-17(15)22)18-11-14-8-5-4-6-9-14/h4-6,8-9,12-13H,2-3,7,10-11H2,1H3,(H,18,19,20). The summed E-state index contributed by atoms with van der Waals surface area (Å²) in [6.07, 6.45) is 7.06.